The van der Waals surface area contributed by atoms with Crippen LogP contribution in [0, 0.1) is 0 Å². The van der Waals surface area contributed by atoms with Crippen molar-refractivity contribution < 1.29 is 19.0 Å². The Morgan fingerprint density at radius 1 is 0.964 bits per heavy atom. The monoisotopic (exact) mass is 379 g/mol. The van der Waals surface area contributed by atoms with Gasteiger partial charge in [0.05, 0.1) is 12.5 Å². The van der Waals surface area contributed by atoms with E-state index < -0.39 is 5.79 Å². The van der Waals surface area contributed by atoms with E-state index in [1.165, 1.54) is 6.42 Å². The Kier molecular flexibility index (Phi) is 4.57. The number of hydrogen-bond donors (Lipinski definition) is 1. The van der Waals surface area contributed by atoms with E-state index in [0.717, 1.165) is 48.3 Å². The van der Waals surface area contributed by atoms with Crippen LogP contribution in [0.3, 0.4) is 0 Å². The molecular weight excluding hydrogens is 354 g/mol. The van der Waals surface area contributed by atoms with Crippen molar-refractivity contribution in [3.05, 3.63) is 59.7 Å². The van der Waals surface area contributed by atoms with Crippen molar-refractivity contribution >= 4 is 5.91 Å². The average molecular weight is 379 g/mol. The Morgan fingerprint density at radius 3 is 2.29 bits per heavy atom. The largest absolute Gasteiger partial charge is 0.457 e. The van der Waals surface area contributed by atoms with E-state index in [2.05, 4.69) is 5.32 Å². The number of carbonyl (C=O) groups is 1. The van der Waals surface area contributed by atoms with Gasteiger partial charge in [-0.25, -0.2) is 0 Å². The first-order chi connectivity index (χ1) is 13.7. The minimum absolute atomic E-state index is 0.0311. The van der Waals surface area contributed by atoms with E-state index >= 15 is 0 Å². The van der Waals surface area contributed by atoms with Crippen molar-refractivity contribution in [1.29, 1.82) is 0 Å². The number of nitrogens with one attached hydrogen (secondary N) is 1. The van der Waals surface area contributed by atoms with Crippen molar-refractivity contribution in [2.24, 2.45) is 0 Å². The maximum absolute atomic E-state index is 13.2. The summed E-state index contributed by atoms with van der Waals surface area (Å²) in [6.07, 6.45) is 5.37. The van der Waals surface area contributed by atoms with Crippen LogP contribution in [0.5, 0.6) is 11.5 Å². The first-order valence-electron chi connectivity index (χ1n) is 10.2. The van der Waals surface area contributed by atoms with Crippen molar-refractivity contribution in [3.8, 4) is 11.5 Å². The van der Waals surface area contributed by atoms with Gasteiger partial charge < -0.3 is 19.5 Å². The molecule has 28 heavy (non-hydrogen) atoms. The van der Waals surface area contributed by atoms with Gasteiger partial charge in [-0.3, -0.25) is 4.79 Å². The smallest absolute Gasteiger partial charge is 0.232 e. The summed E-state index contributed by atoms with van der Waals surface area (Å²) in [5.41, 5.74) is 1.79. The van der Waals surface area contributed by atoms with Gasteiger partial charge in [0.2, 0.25) is 5.91 Å². The highest BCUT2D eigenvalue weighted by Gasteiger charge is 2.42. The lowest BCUT2D eigenvalue weighted by molar-refractivity contribution is -0.186. The quantitative estimate of drug-likeness (QED) is 0.872. The zero-order valence-corrected chi connectivity index (χ0v) is 15.9. The highest BCUT2D eigenvalue weighted by molar-refractivity contribution is 5.89. The standard InChI is InChI=1S/C23H25NO4/c25-22(24-14-16-15-26-23(28-16)12-6-1-7-13-23)21-17-8-2-4-10-19(17)27-20-11-5-3-9-18(20)21/h2-5,8-11,16,21H,1,6-7,12-15H2,(H,24,25)/t16-/m1/s1. The lowest BCUT2D eigenvalue weighted by atomic mass is 9.87. The fourth-order valence-electron chi connectivity index (χ4n) is 4.58. The maximum atomic E-state index is 13.2. The van der Waals surface area contributed by atoms with Gasteiger partial charge in [-0.2, -0.15) is 0 Å². The zero-order valence-electron chi connectivity index (χ0n) is 15.9. The lowest BCUT2D eigenvalue weighted by Gasteiger charge is -2.32. The Labute approximate surface area is 165 Å². The fraction of sp³-hybridized carbons (Fsp3) is 0.435. The normalized spacial score (nSPS) is 22.9. The molecule has 5 rings (SSSR count). The van der Waals surface area contributed by atoms with Crippen LogP contribution >= 0.6 is 0 Å². The van der Waals surface area contributed by atoms with Crippen molar-refractivity contribution in [3.63, 3.8) is 0 Å². The molecule has 0 unspecified atom stereocenters. The molecule has 3 aliphatic rings. The van der Waals surface area contributed by atoms with Crippen molar-refractivity contribution in [2.75, 3.05) is 13.2 Å². The molecule has 2 aromatic rings. The van der Waals surface area contributed by atoms with Gasteiger partial charge in [0.1, 0.15) is 17.6 Å². The minimum atomic E-state index is -0.411. The van der Waals surface area contributed by atoms with Gasteiger partial charge in [-0.15, -0.1) is 0 Å². The number of amides is 1. The van der Waals surface area contributed by atoms with Crippen molar-refractivity contribution in [1.82, 2.24) is 5.32 Å². The fourth-order valence-corrected chi connectivity index (χ4v) is 4.58. The van der Waals surface area contributed by atoms with Crippen LogP contribution in [-0.4, -0.2) is 30.9 Å². The minimum Gasteiger partial charge on any atom is -0.457 e. The van der Waals surface area contributed by atoms with Crippen LogP contribution in [0.15, 0.2) is 48.5 Å². The van der Waals surface area contributed by atoms with Gasteiger partial charge >= 0.3 is 0 Å². The van der Waals surface area contributed by atoms with E-state index in [4.69, 9.17) is 14.2 Å². The summed E-state index contributed by atoms with van der Waals surface area (Å²) in [5, 5.41) is 3.10. The van der Waals surface area contributed by atoms with E-state index in [-0.39, 0.29) is 17.9 Å². The van der Waals surface area contributed by atoms with E-state index in [9.17, 15) is 4.79 Å². The summed E-state index contributed by atoms with van der Waals surface area (Å²) in [4.78, 5) is 13.2. The highest BCUT2D eigenvalue weighted by atomic mass is 16.7. The summed E-state index contributed by atoms with van der Waals surface area (Å²) in [6, 6.07) is 15.5. The van der Waals surface area contributed by atoms with Crippen molar-refractivity contribution in [2.45, 2.75) is 49.9 Å². The molecule has 146 valence electrons. The SMILES string of the molecule is O=C(NC[C@@H]1COC2(CCCCC2)O1)C1c2ccccc2Oc2ccccc21. The first-order valence-corrected chi connectivity index (χ1v) is 10.2. The number of carbonyl (C=O) groups excluding carboxylic acids is 1. The summed E-state index contributed by atoms with van der Waals surface area (Å²) in [7, 11) is 0. The van der Waals surface area contributed by atoms with E-state index in [0.29, 0.717) is 13.2 Å². The molecule has 0 radical (unpaired) electrons. The molecule has 2 heterocycles. The van der Waals surface area contributed by atoms with E-state index in [1.54, 1.807) is 0 Å². The third-order valence-electron chi connectivity index (χ3n) is 5.98. The molecule has 1 amide bonds. The Bertz CT molecular complexity index is 829. The first kappa shape index (κ1) is 17.7. The second-order valence-electron chi connectivity index (χ2n) is 7.88. The molecule has 0 aromatic heterocycles. The summed E-state index contributed by atoms with van der Waals surface area (Å²) >= 11 is 0. The molecule has 1 saturated heterocycles. The highest BCUT2D eigenvalue weighted by Crippen LogP contribution is 2.44. The molecule has 0 bridgehead atoms. The third-order valence-corrected chi connectivity index (χ3v) is 5.98. The second kappa shape index (κ2) is 7.22. The molecule has 1 N–H and O–H groups in total. The third kappa shape index (κ3) is 3.19. The molecule has 5 nitrogen and oxygen atoms in total. The Hall–Kier alpha value is -2.37. The molecule has 2 aliphatic heterocycles. The molecular formula is C23H25NO4. The van der Waals surface area contributed by atoms with Crippen LogP contribution in [0.2, 0.25) is 0 Å². The van der Waals surface area contributed by atoms with Crippen LogP contribution in [-0.2, 0) is 14.3 Å². The van der Waals surface area contributed by atoms with Gasteiger partial charge in [0.25, 0.3) is 0 Å². The predicted molar refractivity (Wildman–Crippen MR) is 104 cm³/mol. The number of ether oxygens (including phenoxy) is 3. The van der Waals surface area contributed by atoms with Gasteiger partial charge in [0.15, 0.2) is 5.79 Å². The van der Waals surface area contributed by atoms with Crippen LogP contribution in [0.4, 0.5) is 0 Å². The molecule has 1 spiro atoms. The lowest BCUT2D eigenvalue weighted by Crippen LogP contribution is -2.39. The summed E-state index contributed by atoms with van der Waals surface area (Å²) < 4.78 is 18.2. The molecule has 5 heteroatoms. The van der Waals surface area contributed by atoms with Crippen LogP contribution in [0.25, 0.3) is 0 Å². The number of hydrogen-bond acceptors (Lipinski definition) is 4. The number of rotatable bonds is 3. The number of para-hydroxylation sites is 2. The predicted octanol–water partition coefficient (Wildman–Crippen LogP) is 4.12. The molecule has 1 atom stereocenters. The number of benzene rings is 2. The van der Waals surface area contributed by atoms with Crippen LogP contribution in [0.1, 0.15) is 49.1 Å². The maximum Gasteiger partial charge on any atom is 0.232 e. The van der Waals surface area contributed by atoms with Gasteiger partial charge in [0, 0.05) is 30.5 Å². The van der Waals surface area contributed by atoms with Gasteiger partial charge in [-0.05, 0) is 25.0 Å². The number of fused-ring (bicyclic) bond motifs is 2. The Morgan fingerprint density at radius 2 is 1.61 bits per heavy atom. The summed E-state index contributed by atoms with van der Waals surface area (Å²) in [6.45, 7) is 1.00. The molecule has 2 aromatic carbocycles. The molecule has 1 saturated carbocycles. The van der Waals surface area contributed by atoms with Crippen LogP contribution < -0.4 is 10.1 Å². The summed E-state index contributed by atoms with van der Waals surface area (Å²) in [5.74, 6) is 0.653. The molecule has 2 fully saturated rings. The molecule has 1 aliphatic carbocycles. The van der Waals surface area contributed by atoms with Gasteiger partial charge in [-0.1, -0.05) is 42.8 Å². The zero-order chi connectivity index (χ0) is 19.0. The average Bonchev–Trinajstić information content (AvgIpc) is 3.12. The topological polar surface area (TPSA) is 56.8 Å². The second-order valence-corrected chi connectivity index (χ2v) is 7.88. The Balaban J connectivity index is 1.31. The van der Waals surface area contributed by atoms with E-state index in [1.807, 2.05) is 48.5 Å².